The number of nitrogens with zero attached hydrogens (tertiary/aromatic N) is 2. The largest absolute Gasteiger partial charge is 0.385 e. The van der Waals surface area contributed by atoms with Crippen LogP contribution in [0.2, 0.25) is 0 Å². The van der Waals surface area contributed by atoms with E-state index in [0.29, 0.717) is 19.3 Å². The lowest BCUT2D eigenvalue weighted by Crippen LogP contribution is -2.45. The summed E-state index contributed by atoms with van der Waals surface area (Å²) in [4.78, 5) is 15.8. The molecule has 2 heterocycles. The molecular weight excluding hydrogens is 283 g/mol. The first kappa shape index (κ1) is 15.4. The van der Waals surface area contributed by atoms with E-state index in [9.17, 15) is 14.3 Å². The van der Waals surface area contributed by atoms with E-state index in [1.165, 1.54) is 12.1 Å². The smallest absolute Gasteiger partial charge is 0.222 e. The van der Waals surface area contributed by atoms with Crippen LogP contribution in [0.4, 0.5) is 4.39 Å². The first-order chi connectivity index (χ1) is 10.6. The van der Waals surface area contributed by atoms with Gasteiger partial charge in [0.15, 0.2) is 0 Å². The summed E-state index contributed by atoms with van der Waals surface area (Å²) in [7, 11) is 0. The van der Waals surface area contributed by atoms with Gasteiger partial charge in [-0.1, -0.05) is 12.1 Å². The Labute approximate surface area is 130 Å². The second kappa shape index (κ2) is 6.34. The quantitative estimate of drug-likeness (QED) is 0.921. The Hall–Kier alpha value is -1.46. The highest BCUT2D eigenvalue weighted by atomic mass is 19.1. The molecule has 0 atom stereocenters. The van der Waals surface area contributed by atoms with E-state index in [1.807, 2.05) is 4.90 Å². The van der Waals surface area contributed by atoms with Gasteiger partial charge < -0.3 is 14.9 Å². The number of likely N-dealkylation sites (tertiary alicyclic amines) is 2. The van der Waals surface area contributed by atoms with Crippen molar-refractivity contribution in [1.29, 1.82) is 0 Å². The molecule has 2 aliphatic heterocycles. The molecule has 22 heavy (non-hydrogen) atoms. The molecule has 2 saturated heterocycles. The van der Waals surface area contributed by atoms with Crippen molar-refractivity contribution < 1.29 is 14.3 Å². The highest BCUT2D eigenvalue weighted by molar-refractivity contribution is 5.78. The second-order valence-corrected chi connectivity index (χ2v) is 6.36. The summed E-state index contributed by atoms with van der Waals surface area (Å²) in [5.41, 5.74) is -0.0588. The van der Waals surface area contributed by atoms with Gasteiger partial charge in [-0.05, 0) is 37.0 Å². The van der Waals surface area contributed by atoms with Gasteiger partial charge in [0.2, 0.25) is 5.91 Å². The summed E-state index contributed by atoms with van der Waals surface area (Å²) >= 11 is 0. The molecule has 5 heteroatoms. The van der Waals surface area contributed by atoms with Crippen LogP contribution >= 0.6 is 0 Å². The third-order valence-electron chi connectivity index (χ3n) is 4.92. The molecule has 120 valence electrons. The highest BCUT2D eigenvalue weighted by Crippen LogP contribution is 2.32. The lowest BCUT2D eigenvalue weighted by atomic mass is 9.84. The zero-order valence-electron chi connectivity index (χ0n) is 12.8. The fourth-order valence-corrected chi connectivity index (χ4v) is 3.40. The lowest BCUT2D eigenvalue weighted by Gasteiger charge is -2.39. The first-order valence-corrected chi connectivity index (χ1v) is 8.05. The normalized spacial score (nSPS) is 22.3. The van der Waals surface area contributed by atoms with Crippen LogP contribution in [0.25, 0.3) is 0 Å². The molecule has 0 aliphatic carbocycles. The molecule has 1 aromatic rings. The van der Waals surface area contributed by atoms with E-state index in [0.717, 1.165) is 44.7 Å². The molecule has 1 amide bonds. The molecule has 0 unspecified atom stereocenters. The molecule has 0 spiro atoms. The molecule has 1 aromatic carbocycles. The van der Waals surface area contributed by atoms with Gasteiger partial charge in [-0.2, -0.15) is 0 Å². The highest BCUT2D eigenvalue weighted by Gasteiger charge is 2.34. The fraction of sp³-hybridized carbons (Fsp3) is 0.588. The van der Waals surface area contributed by atoms with E-state index in [-0.39, 0.29) is 11.7 Å². The minimum Gasteiger partial charge on any atom is -0.385 e. The van der Waals surface area contributed by atoms with Crippen LogP contribution in [0.5, 0.6) is 0 Å². The lowest BCUT2D eigenvalue weighted by molar-refractivity contribution is -0.128. The summed E-state index contributed by atoms with van der Waals surface area (Å²) in [6, 6.07) is 6.15. The van der Waals surface area contributed by atoms with E-state index in [2.05, 4.69) is 4.90 Å². The topological polar surface area (TPSA) is 43.8 Å². The first-order valence-electron chi connectivity index (χ1n) is 8.05. The van der Waals surface area contributed by atoms with Gasteiger partial charge >= 0.3 is 0 Å². The summed E-state index contributed by atoms with van der Waals surface area (Å²) in [6.45, 7) is 4.14. The molecule has 0 aromatic heterocycles. The Morgan fingerprint density at radius 1 is 1.09 bits per heavy atom. The SMILES string of the molecule is O=C1CCCN1CCN1CCC(O)(c2ccc(F)cc2)CC1. The van der Waals surface area contributed by atoms with Crippen LogP contribution < -0.4 is 0 Å². The van der Waals surface area contributed by atoms with Crippen molar-refractivity contribution >= 4 is 5.91 Å². The van der Waals surface area contributed by atoms with E-state index < -0.39 is 5.60 Å². The molecule has 4 nitrogen and oxygen atoms in total. The van der Waals surface area contributed by atoms with Gasteiger partial charge in [0.05, 0.1) is 5.60 Å². The Kier molecular flexibility index (Phi) is 4.45. The Morgan fingerprint density at radius 2 is 1.77 bits per heavy atom. The number of rotatable bonds is 4. The van der Waals surface area contributed by atoms with E-state index in [4.69, 9.17) is 0 Å². The van der Waals surface area contributed by atoms with Gasteiger partial charge in [0.25, 0.3) is 0 Å². The molecule has 0 radical (unpaired) electrons. The summed E-state index contributed by atoms with van der Waals surface area (Å²) in [5, 5.41) is 10.8. The third kappa shape index (κ3) is 3.31. The summed E-state index contributed by atoms with van der Waals surface area (Å²) in [5.74, 6) is -0.0140. The summed E-state index contributed by atoms with van der Waals surface area (Å²) < 4.78 is 13.0. The van der Waals surface area contributed by atoms with Crippen molar-refractivity contribution in [2.24, 2.45) is 0 Å². The summed E-state index contributed by atoms with van der Waals surface area (Å²) in [6.07, 6.45) is 2.95. The number of halogens is 1. The third-order valence-corrected chi connectivity index (χ3v) is 4.92. The number of aliphatic hydroxyl groups is 1. The number of amides is 1. The van der Waals surface area contributed by atoms with Crippen molar-refractivity contribution in [2.45, 2.75) is 31.3 Å². The van der Waals surface area contributed by atoms with Crippen molar-refractivity contribution in [3.05, 3.63) is 35.6 Å². The van der Waals surface area contributed by atoms with Gasteiger partial charge in [-0.3, -0.25) is 4.79 Å². The maximum atomic E-state index is 13.0. The molecule has 1 N–H and O–H groups in total. The predicted octanol–water partition coefficient (Wildman–Crippen LogP) is 1.73. The predicted molar refractivity (Wildman–Crippen MR) is 81.8 cm³/mol. The van der Waals surface area contributed by atoms with Crippen LogP contribution in [0.3, 0.4) is 0 Å². The standard InChI is InChI=1S/C17H23FN2O2/c18-15-5-3-14(4-6-15)17(22)7-10-19(11-8-17)12-13-20-9-1-2-16(20)21/h3-6,22H,1-2,7-13H2. The number of hydrogen-bond donors (Lipinski definition) is 1. The minimum absolute atomic E-state index is 0.264. The number of carbonyl (C=O) groups is 1. The number of carbonyl (C=O) groups excluding carboxylic acids is 1. The zero-order valence-corrected chi connectivity index (χ0v) is 12.8. The number of hydrogen-bond acceptors (Lipinski definition) is 3. The fourth-order valence-electron chi connectivity index (χ4n) is 3.40. The van der Waals surface area contributed by atoms with Crippen LogP contribution in [0.15, 0.2) is 24.3 Å². The van der Waals surface area contributed by atoms with Gasteiger partial charge in [-0.25, -0.2) is 4.39 Å². The molecule has 0 saturated carbocycles. The molecule has 0 bridgehead atoms. The zero-order chi connectivity index (χ0) is 15.6. The number of piperidine rings is 1. The maximum Gasteiger partial charge on any atom is 0.222 e. The average molecular weight is 306 g/mol. The van der Waals surface area contributed by atoms with Crippen LogP contribution in [-0.4, -0.2) is 53.5 Å². The van der Waals surface area contributed by atoms with Crippen LogP contribution in [0.1, 0.15) is 31.2 Å². The molecule has 2 aliphatic rings. The minimum atomic E-state index is -0.854. The van der Waals surface area contributed by atoms with Crippen molar-refractivity contribution in [1.82, 2.24) is 9.80 Å². The second-order valence-electron chi connectivity index (χ2n) is 6.36. The maximum absolute atomic E-state index is 13.0. The Balaban J connectivity index is 1.51. The van der Waals surface area contributed by atoms with E-state index in [1.54, 1.807) is 12.1 Å². The van der Waals surface area contributed by atoms with Gasteiger partial charge in [-0.15, -0.1) is 0 Å². The average Bonchev–Trinajstić information content (AvgIpc) is 2.93. The molecule has 2 fully saturated rings. The van der Waals surface area contributed by atoms with Crippen molar-refractivity contribution in [3.8, 4) is 0 Å². The Bertz CT molecular complexity index is 524. The Morgan fingerprint density at radius 3 is 2.36 bits per heavy atom. The monoisotopic (exact) mass is 306 g/mol. The van der Waals surface area contributed by atoms with Crippen LogP contribution in [0, 0.1) is 5.82 Å². The van der Waals surface area contributed by atoms with Gasteiger partial charge in [0, 0.05) is 39.1 Å². The van der Waals surface area contributed by atoms with Gasteiger partial charge in [0.1, 0.15) is 5.82 Å². The van der Waals surface area contributed by atoms with E-state index >= 15 is 0 Å². The van der Waals surface area contributed by atoms with Crippen molar-refractivity contribution in [3.63, 3.8) is 0 Å². The molecule has 3 rings (SSSR count). The van der Waals surface area contributed by atoms with Crippen LogP contribution in [-0.2, 0) is 10.4 Å². The molecular formula is C17H23FN2O2. The number of benzene rings is 1. The van der Waals surface area contributed by atoms with Crippen molar-refractivity contribution in [2.75, 3.05) is 32.7 Å².